The molecule has 1 aromatic carbocycles. The maximum atomic E-state index is 5.91. The van der Waals surface area contributed by atoms with Crippen molar-refractivity contribution in [2.45, 2.75) is 20.0 Å². The van der Waals surface area contributed by atoms with Crippen LogP contribution in [0.15, 0.2) is 18.2 Å². The molecule has 1 heterocycles. The summed E-state index contributed by atoms with van der Waals surface area (Å²) in [6.07, 6.45) is 0.126. The number of rotatable bonds is 6. The van der Waals surface area contributed by atoms with E-state index in [-0.39, 0.29) is 6.10 Å². The van der Waals surface area contributed by atoms with Gasteiger partial charge in [0.15, 0.2) is 0 Å². The summed E-state index contributed by atoms with van der Waals surface area (Å²) in [5.41, 5.74) is 7.63. The number of nitrogen functional groups attached to an aromatic ring is 1. The van der Waals surface area contributed by atoms with Crippen LogP contribution in [0.4, 0.5) is 11.4 Å². The molecule has 5 nitrogen and oxygen atoms in total. The number of nitrogens with one attached hydrogen (secondary N) is 1. The minimum Gasteiger partial charge on any atom is -0.489 e. The van der Waals surface area contributed by atoms with Crippen LogP contribution in [0.5, 0.6) is 5.75 Å². The summed E-state index contributed by atoms with van der Waals surface area (Å²) in [5.74, 6) is 0.747. The molecule has 20 heavy (non-hydrogen) atoms. The van der Waals surface area contributed by atoms with Gasteiger partial charge in [-0.3, -0.25) is 4.90 Å². The van der Waals surface area contributed by atoms with E-state index >= 15 is 0 Å². The number of nitrogens with two attached hydrogens (primary N) is 1. The maximum absolute atomic E-state index is 5.91. The average molecular weight is 279 g/mol. The molecular weight excluding hydrogens is 254 g/mol. The second-order valence-corrected chi connectivity index (χ2v) is 5.30. The van der Waals surface area contributed by atoms with E-state index < -0.39 is 0 Å². The van der Waals surface area contributed by atoms with Crippen molar-refractivity contribution in [3.63, 3.8) is 0 Å². The third kappa shape index (κ3) is 4.58. The molecule has 0 atom stereocenters. The number of anilines is 2. The van der Waals surface area contributed by atoms with Gasteiger partial charge in [-0.1, -0.05) is 0 Å². The number of hydrogen-bond donors (Lipinski definition) is 2. The zero-order chi connectivity index (χ0) is 14.4. The van der Waals surface area contributed by atoms with Gasteiger partial charge in [-0.2, -0.15) is 0 Å². The number of benzene rings is 1. The van der Waals surface area contributed by atoms with Crippen LogP contribution in [0.2, 0.25) is 0 Å². The summed E-state index contributed by atoms with van der Waals surface area (Å²) in [6, 6.07) is 5.84. The zero-order valence-electron chi connectivity index (χ0n) is 12.4. The third-order valence-electron chi connectivity index (χ3n) is 3.24. The Morgan fingerprint density at radius 1 is 1.35 bits per heavy atom. The normalized spacial score (nSPS) is 16.4. The molecule has 0 unspecified atom stereocenters. The molecule has 0 spiro atoms. The zero-order valence-corrected chi connectivity index (χ0v) is 12.4. The quantitative estimate of drug-likeness (QED) is 0.778. The predicted molar refractivity (Wildman–Crippen MR) is 82.4 cm³/mol. The van der Waals surface area contributed by atoms with Gasteiger partial charge in [0.2, 0.25) is 0 Å². The van der Waals surface area contributed by atoms with Crippen LogP contribution in [0.1, 0.15) is 13.8 Å². The summed E-state index contributed by atoms with van der Waals surface area (Å²) in [6.45, 7) is 9.65. The van der Waals surface area contributed by atoms with Gasteiger partial charge in [0.05, 0.1) is 25.0 Å². The van der Waals surface area contributed by atoms with Gasteiger partial charge in [0, 0.05) is 37.9 Å². The van der Waals surface area contributed by atoms with E-state index in [2.05, 4.69) is 10.2 Å². The van der Waals surface area contributed by atoms with Crippen molar-refractivity contribution in [1.29, 1.82) is 0 Å². The fraction of sp³-hybridized carbons (Fsp3) is 0.600. The molecule has 1 saturated heterocycles. The minimum atomic E-state index is 0.126. The number of morpholine rings is 1. The molecule has 5 heteroatoms. The van der Waals surface area contributed by atoms with Gasteiger partial charge in [-0.05, 0) is 26.0 Å². The lowest BCUT2D eigenvalue weighted by Gasteiger charge is -2.26. The first-order valence-corrected chi connectivity index (χ1v) is 7.25. The Hall–Kier alpha value is -1.46. The van der Waals surface area contributed by atoms with Gasteiger partial charge in [-0.25, -0.2) is 0 Å². The first-order chi connectivity index (χ1) is 9.65. The number of nitrogens with zero attached hydrogens (tertiary/aromatic N) is 1. The van der Waals surface area contributed by atoms with Crippen molar-refractivity contribution < 1.29 is 9.47 Å². The first kappa shape index (κ1) is 14.9. The maximum Gasteiger partial charge on any atom is 0.144 e. The van der Waals surface area contributed by atoms with Crippen molar-refractivity contribution in [2.75, 3.05) is 50.4 Å². The molecule has 3 N–H and O–H groups in total. The second kappa shape index (κ2) is 7.36. The highest BCUT2D eigenvalue weighted by atomic mass is 16.5. The lowest BCUT2D eigenvalue weighted by molar-refractivity contribution is 0.0398. The Kier molecular flexibility index (Phi) is 5.49. The molecule has 1 aliphatic heterocycles. The molecule has 0 aliphatic carbocycles. The average Bonchev–Trinajstić information content (AvgIpc) is 2.43. The molecular formula is C15H25N3O2. The highest BCUT2D eigenvalue weighted by molar-refractivity contribution is 5.61. The monoisotopic (exact) mass is 279 g/mol. The number of ether oxygens (including phenoxy) is 2. The predicted octanol–water partition coefficient (Wildman–Crippen LogP) is 1.80. The van der Waals surface area contributed by atoms with Crippen LogP contribution < -0.4 is 15.8 Å². The van der Waals surface area contributed by atoms with Crippen molar-refractivity contribution >= 4 is 11.4 Å². The van der Waals surface area contributed by atoms with E-state index in [9.17, 15) is 0 Å². The van der Waals surface area contributed by atoms with Crippen LogP contribution in [0.3, 0.4) is 0 Å². The molecule has 0 aromatic heterocycles. The molecule has 1 aromatic rings. The van der Waals surface area contributed by atoms with E-state index in [4.69, 9.17) is 15.2 Å². The Bertz CT molecular complexity index is 418. The fourth-order valence-electron chi connectivity index (χ4n) is 2.18. The summed E-state index contributed by atoms with van der Waals surface area (Å²) in [5, 5.41) is 3.41. The molecule has 0 saturated carbocycles. The SMILES string of the molecule is CC(C)Oc1cc(NCCN2CCOCC2)ccc1N. The summed E-state index contributed by atoms with van der Waals surface area (Å²) >= 11 is 0. The molecule has 1 fully saturated rings. The Labute approximate surface area is 121 Å². The second-order valence-electron chi connectivity index (χ2n) is 5.30. The van der Waals surface area contributed by atoms with Crippen LogP contribution in [-0.4, -0.2) is 50.4 Å². The minimum absolute atomic E-state index is 0.126. The van der Waals surface area contributed by atoms with Crippen LogP contribution in [0.25, 0.3) is 0 Å². The lowest BCUT2D eigenvalue weighted by Crippen LogP contribution is -2.39. The topological polar surface area (TPSA) is 59.8 Å². The van der Waals surface area contributed by atoms with E-state index in [1.54, 1.807) is 0 Å². The van der Waals surface area contributed by atoms with E-state index in [1.165, 1.54) is 0 Å². The van der Waals surface area contributed by atoms with Crippen LogP contribution >= 0.6 is 0 Å². The van der Waals surface area contributed by atoms with E-state index in [1.807, 2.05) is 32.0 Å². The number of hydrogen-bond acceptors (Lipinski definition) is 5. The Morgan fingerprint density at radius 2 is 2.10 bits per heavy atom. The van der Waals surface area contributed by atoms with Crippen molar-refractivity contribution in [3.05, 3.63) is 18.2 Å². The van der Waals surface area contributed by atoms with Crippen molar-refractivity contribution in [1.82, 2.24) is 4.90 Å². The van der Waals surface area contributed by atoms with Gasteiger partial charge in [0.25, 0.3) is 0 Å². The highest BCUT2D eigenvalue weighted by Gasteiger charge is 2.09. The summed E-state index contributed by atoms with van der Waals surface area (Å²) < 4.78 is 11.0. The van der Waals surface area contributed by atoms with Crippen LogP contribution in [-0.2, 0) is 4.74 Å². The first-order valence-electron chi connectivity index (χ1n) is 7.25. The standard InChI is InChI=1S/C15H25N3O2/c1-12(2)20-15-11-13(3-4-14(15)16)17-5-6-18-7-9-19-10-8-18/h3-4,11-12,17H,5-10,16H2,1-2H3. The smallest absolute Gasteiger partial charge is 0.144 e. The third-order valence-corrected chi connectivity index (χ3v) is 3.24. The summed E-state index contributed by atoms with van der Waals surface area (Å²) in [7, 11) is 0. The largest absolute Gasteiger partial charge is 0.489 e. The molecule has 0 amide bonds. The Morgan fingerprint density at radius 3 is 2.80 bits per heavy atom. The highest BCUT2D eigenvalue weighted by Crippen LogP contribution is 2.26. The van der Waals surface area contributed by atoms with Crippen molar-refractivity contribution in [2.24, 2.45) is 0 Å². The van der Waals surface area contributed by atoms with Gasteiger partial charge < -0.3 is 20.5 Å². The lowest BCUT2D eigenvalue weighted by atomic mass is 10.2. The van der Waals surface area contributed by atoms with E-state index in [0.29, 0.717) is 5.69 Å². The molecule has 0 bridgehead atoms. The van der Waals surface area contributed by atoms with Gasteiger partial charge in [0.1, 0.15) is 5.75 Å². The molecule has 2 rings (SSSR count). The molecule has 0 radical (unpaired) electrons. The molecule has 1 aliphatic rings. The molecule has 112 valence electrons. The fourth-order valence-corrected chi connectivity index (χ4v) is 2.18. The van der Waals surface area contributed by atoms with Gasteiger partial charge >= 0.3 is 0 Å². The van der Waals surface area contributed by atoms with Gasteiger partial charge in [-0.15, -0.1) is 0 Å². The van der Waals surface area contributed by atoms with Crippen molar-refractivity contribution in [3.8, 4) is 5.75 Å². The van der Waals surface area contributed by atoms with E-state index in [0.717, 1.165) is 50.8 Å². The van der Waals surface area contributed by atoms with Crippen LogP contribution in [0, 0.1) is 0 Å². The Balaban J connectivity index is 1.82. The summed E-state index contributed by atoms with van der Waals surface area (Å²) in [4.78, 5) is 2.40.